The van der Waals surface area contributed by atoms with Crippen molar-refractivity contribution in [3.63, 3.8) is 0 Å². The van der Waals surface area contributed by atoms with E-state index in [4.69, 9.17) is 0 Å². The van der Waals surface area contributed by atoms with Crippen molar-refractivity contribution in [1.82, 2.24) is 4.90 Å². The molecule has 25 heavy (non-hydrogen) atoms. The number of aryl methyl sites for hydroxylation is 2. The van der Waals surface area contributed by atoms with Crippen LogP contribution in [0.15, 0.2) is 60.2 Å². The van der Waals surface area contributed by atoms with E-state index in [0.717, 1.165) is 12.5 Å². The van der Waals surface area contributed by atoms with Crippen molar-refractivity contribution in [3.05, 3.63) is 76.9 Å². The Morgan fingerprint density at radius 1 is 0.960 bits per heavy atom. The second-order valence-corrected chi connectivity index (χ2v) is 7.82. The van der Waals surface area contributed by atoms with Crippen molar-refractivity contribution in [1.29, 1.82) is 0 Å². The van der Waals surface area contributed by atoms with Crippen LogP contribution in [0.25, 0.3) is 5.57 Å². The third-order valence-electron chi connectivity index (χ3n) is 5.36. The van der Waals surface area contributed by atoms with E-state index in [0.29, 0.717) is 0 Å². The van der Waals surface area contributed by atoms with Gasteiger partial charge in [-0.15, -0.1) is 0 Å². The molecule has 1 atom stereocenters. The molecule has 1 aliphatic carbocycles. The lowest BCUT2D eigenvalue weighted by Gasteiger charge is -2.29. The fourth-order valence-electron chi connectivity index (χ4n) is 4.01. The lowest BCUT2D eigenvalue weighted by atomic mass is 9.78. The number of allylic oxidation sites excluding steroid dienone is 1. The first kappa shape index (κ1) is 17.9. The van der Waals surface area contributed by atoms with Gasteiger partial charge in [0.15, 0.2) is 0 Å². The van der Waals surface area contributed by atoms with Gasteiger partial charge in [0.2, 0.25) is 0 Å². The van der Waals surface area contributed by atoms with Gasteiger partial charge in [-0.3, -0.25) is 0 Å². The molecule has 1 unspecified atom stereocenters. The van der Waals surface area contributed by atoms with Crippen LogP contribution in [0.1, 0.15) is 42.4 Å². The molecule has 132 valence electrons. The van der Waals surface area contributed by atoms with E-state index in [9.17, 15) is 0 Å². The summed E-state index contributed by atoms with van der Waals surface area (Å²) >= 11 is 0. The summed E-state index contributed by atoms with van der Waals surface area (Å²) in [5, 5.41) is 0. The minimum Gasteiger partial charge on any atom is -0.305 e. The van der Waals surface area contributed by atoms with Crippen molar-refractivity contribution in [2.24, 2.45) is 5.92 Å². The maximum Gasteiger partial charge on any atom is 0.0192 e. The van der Waals surface area contributed by atoms with Gasteiger partial charge >= 0.3 is 0 Å². The maximum atomic E-state index is 2.32. The zero-order valence-electron chi connectivity index (χ0n) is 16.0. The molecule has 0 aliphatic heterocycles. The predicted octanol–water partition coefficient (Wildman–Crippen LogP) is 5.74. The highest BCUT2D eigenvalue weighted by molar-refractivity contribution is 5.70. The molecular formula is C24H31N. The Morgan fingerprint density at radius 2 is 1.68 bits per heavy atom. The van der Waals surface area contributed by atoms with E-state index in [1.54, 1.807) is 11.1 Å². The number of hydrogen-bond acceptors (Lipinski definition) is 1. The number of rotatable bonds is 6. The molecule has 0 saturated carbocycles. The summed E-state index contributed by atoms with van der Waals surface area (Å²) in [5.74, 6) is 0.823. The molecule has 0 saturated heterocycles. The summed E-state index contributed by atoms with van der Waals surface area (Å²) in [4.78, 5) is 2.32. The Kier molecular flexibility index (Phi) is 6.09. The number of hydrogen-bond donors (Lipinski definition) is 0. The lowest BCUT2D eigenvalue weighted by Crippen LogP contribution is -2.21. The molecule has 0 radical (unpaired) electrons. The van der Waals surface area contributed by atoms with Gasteiger partial charge in [-0.2, -0.15) is 0 Å². The van der Waals surface area contributed by atoms with Crippen LogP contribution in [0, 0.1) is 12.8 Å². The molecular weight excluding hydrogens is 302 g/mol. The van der Waals surface area contributed by atoms with Crippen molar-refractivity contribution in [3.8, 4) is 0 Å². The minimum atomic E-state index is 0.823. The lowest BCUT2D eigenvalue weighted by molar-refractivity contribution is 0.391. The molecule has 1 nitrogen and oxygen atoms in total. The topological polar surface area (TPSA) is 3.24 Å². The molecule has 0 aromatic heterocycles. The highest BCUT2D eigenvalue weighted by Crippen LogP contribution is 2.37. The Bertz CT molecular complexity index is 695. The van der Waals surface area contributed by atoms with E-state index in [1.807, 2.05) is 0 Å². The average Bonchev–Trinajstić information content (AvgIpc) is 2.61. The van der Waals surface area contributed by atoms with E-state index in [2.05, 4.69) is 80.5 Å². The predicted molar refractivity (Wildman–Crippen MR) is 109 cm³/mol. The van der Waals surface area contributed by atoms with Crippen molar-refractivity contribution < 1.29 is 0 Å². The van der Waals surface area contributed by atoms with E-state index < -0.39 is 0 Å². The van der Waals surface area contributed by atoms with Gasteiger partial charge in [0.25, 0.3) is 0 Å². The van der Waals surface area contributed by atoms with Gasteiger partial charge in [-0.05, 0) is 75.7 Å². The number of likely N-dealkylation sites (N-methyl/N-ethyl adjacent to an activating group) is 1. The Hall–Kier alpha value is -1.86. The standard InChI is InChI=1S/C24H31N/c1-19-9-14-22(15-10-19)24-16-13-21(17-23(24)18-25(2)3)12-11-20-7-5-4-6-8-20/h4-10,14-15,21H,11-13,16-18H2,1-3H3. The molecule has 3 rings (SSSR count). The first-order chi connectivity index (χ1) is 12.1. The van der Waals surface area contributed by atoms with Gasteiger partial charge in [-0.25, -0.2) is 0 Å². The van der Waals surface area contributed by atoms with Crippen LogP contribution in [0.4, 0.5) is 0 Å². The van der Waals surface area contributed by atoms with Gasteiger partial charge in [0.1, 0.15) is 0 Å². The number of nitrogens with zero attached hydrogens (tertiary/aromatic N) is 1. The average molecular weight is 334 g/mol. The molecule has 0 heterocycles. The summed E-state index contributed by atoms with van der Waals surface area (Å²) < 4.78 is 0. The van der Waals surface area contributed by atoms with Gasteiger partial charge < -0.3 is 4.90 Å². The zero-order chi connectivity index (χ0) is 17.6. The summed E-state index contributed by atoms with van der Waals surface area (Å²) in [6, 6.07) is 20.1. The van der Waals surface area contributed by atoms with Crippen LogP contribution in [-0.4, -0.2) is 25.5 Å². The largest absolute Gasteiger partial charge is 0.305 e. The SMILES string of the molecule is Cc1ccc(C2=C(CN(C)C)CC(CCc3ccccc3)CC2)cc1. The maximum absolute atomic E-state index is 2.32. The monoisotopic (exact) mass is 333 g/mol. The summed E-state index contributed by atoms with van der Waals surface area (Å²) in [7, 11) is 4.38. The van der Waals surface area contributed by atoms with Gasteiger partial charge in [0.05, 0.1) is 0 Å². The first-order valence-corrected chi connectivity index (χ1v) is 9.58. The van der Waals surface area contributed by atoms with Crippen LogP contribution in [0.3, 0.4) is 0 Å². The molecule has 0 N–H and O–H groups in total. The van der Waals surface area contributed by atoms with Crippen LogP contribution < -0.4 is 0 Å². The van der Waals surface area contributed by atoms with E-state index >= 15 is 0 Å². The van der Waals surface area contributed by atoms with E-state index in [1.165, 1.54) is 48.8 Å². The highest BCUT2D eigenvalue weighted by Gasteiger charge is 2.22. The second-order valence-electron chi connectivity index (χ2n) is 7.82. The molecule has 2 aromatic rings. The summed E-state index contributed by atoms with van der Waals surface area (Å²) in [6.07, 6.45) is 6.33. The van der Waals surface area contributed by atoms with Crippen LogP contribution in [-0.2, 0) is 6.42 Å². The summed E-state index contributed by atoms with van der Waals surface area (Å²) in [6.45, 7) is 3.25. The van der Waals surface area contributed by atoms with E-state index in [-0.39, 0.29) is 0 Å². The Morgan fingerprint density at radius 3 is 2.36 bits per heavy atom. The molecule has 0 fully saturated rings. The van der Waals surface area contributed by atoms with Crippen LogP contribution in [0.5, 0.6) is 0 Å². The van der Waals surface area contributed by atoms with Gasteiger partial charge in [0, 0.05) is 6.54 Å². The quantitative estimate of drug-likeness (QED) is 0.651. The number of benzene rings is 2. The fourth-order valence-corrected chi connectivity index (χ4v) is 4.01. The van der Waals surface area contributed by atoms with Gasteiger partial charge in [-0.1, -0.05) is 65.7 Å². The molecule has 2 aromatic carbocycles. The molecule has 1 aliphatic rings. The minimum absolute atomic E-state index is 0.823. The smallest absolute Gasteiger partial charge is 0.0192 e. The van der Waals surface area contributed by atoms with Crippen LogP contribution in [0.2, 0.25) is 0 Å². The molecule has 0 bridgehead atoms. The molecule has 1 heteroatoms. The van der Waals surface area contributed by atoms with Crippen LogP contribution >= 0.6 is 0 Å². The molecule has 0 spiro atoms. The van der Waals surface area contributed by atoms with Crippen molar-refractivity contribution in [2.75, 3.05) is 20.6 Å². The molecule has 0 amide bonds. The normalized spacial score (nSPS) is 18.0. The Balaban J connectivity index is 1.72. The first-order valence-electron chi connectivity index (χ1n) is 9.58. The zero-order valence-corrected chi connectivity index (χ0v) is 16.0. The Labute approximate surface area is 153 Å². The fraction of sp³-hybridized carbons (Fsp3) is 0.417. The third-order valence-corrected chi connectivity index (χ3v) is 5.36. The van der Waals surface area contributed by atoms with Crippen molar-refractivity contribution in [2.45, 2.75) is 39.0 Å². The summed E-state index contributed by atoms with van der Waals surface area (Å²) in [5.41, 5.74) is 7.51. The highest BCUT2D eigenvalue weighted by atomic mass is 15.0. The third kappa shape index (κ3) is 5.06. The second kappa shape index (κ2) is 8.49. The van der Waals surface area contributed by atoms with Crippen molar-refractivity contribution >= 4 is 5.57 Å².